The molecule has 1 aliphatic rings. The predicted octanol–water partition coefficient (Wildman–Crippen LogP) is 3.42. The number of hydrogen-bond acceptors (Lipinski definition) is 2. The SMILES string of the molecule is CCCCCCCCCC(=O)OC(C)(C)C1CC[NH2+]CC1. The number of rotatable bonds is 10. The van der Waals surface area contributed by atoms with Crippen LogP contribution in [0.25, 0.3) is 0 Å². The van der Waals surface area contributed by atoms with Gasteiger partial charge < -0.3 is 10.1 Å². The molecule has 1 saturated heterocycles. The summed E-state index contributed by atoms with van der Waals surface area (Å²) in [5.41, 5.74) is -0.285. The Morgan fingerprint density at radius 2 is 1.62 bits per heavy atom. The van der Waals surface area contributed by atoms with Crippen molar-refractivity contribution in [1.29, 1.82) is 0 Å². The van der Waals surface area contributed by atoms with Crippen molar-refractivity contribution < 1.29 is 14.8 Å². The van der Waals surface area contributed by atoms with Crippen LogP contribution in [0.3, 0.4) is 0 Å². The number of piperidine rings is 1. The van der Waals surface area contributed by atoms with Gasteiger partial charge in [0, 0.05) is 25.2 Å². The average molecular weight is 298 g/mol. The Kier molecular flexibility index (Phi) is 8.98. The largest absolute Gasteiger partial charge is 0.459 e. The minimum Gasteiger partial charge on any atom is -0.459 e. The quantitative estimate of drug-likeness (QED) is 0.496. The van der Waals surface area contributed by atoms with Gasteiger partial charge in [-0.15, -0.1) is 0 Å². The van der Waals surface area contributed by atoms with Crippen molar-refractivity contribution >= 4 is 5.97 Å². The van der Waals surface area contributed by atoms with E-state index in [9.17, 15) is 4.79 Å². The molecule has 1 heterocycles. The van der Waals surface area contributed by atoms with E-state index in [0.717, 1.165) is 25.7 Å². The molecular formula is C18H36NO2+. The summed E-state index contributed by atoms with van der Waals surface area (Å²) in [6.07, 6.45) is 11.6. The Bertz CT molecular complexity index is 283. The maximum Gasteiger partial charge on any atom is 0.306 e. The van der Waals surface area contributed by atoms with Gasteiger partial charge in [-0.05, 0) is 20.3 Å². The van der Waals surface area contributed by atoms with E-state index in [-0.39, 0.29) is 11.6 Å². The maximum absolute atomic E-state index is 12.0. The summed E-state index contributed by atoms with van der Waals surface area (Å²) >= 11 is 0. The molecule has 0 aromatic carbocycles. The highest BCUT2D eigenvalue weighted by Crippen LogP contribution is 2.28. The van der Waals surface area contributed by atoms with E-state index in [0.29, 0.717) is 12.3 Å². The van der Waals surface area contributed by atoms with Crippen LogP contribution < -0.4 is 5.32 Å². The summed E-state index contributed by atoms with van der Waals surface area (Å²) in [5, 5.41) is 2.35. The number of hydrogen-bond donors (Lipinski definition) is 1. The molecule has 1 rings (SSSR count). The molecule has 0 aliphatic carbocycles. The fraction of sp³-hybridized carbons (Fsp3) is 0.944. The van der Waals surface area contributed by atoms with E-state index in [1.807, 2.05) is 0 Å². The van der Waals surface area contributed by atoms with Gasteiger partial charge in [0.15, 0.2) is 0 Å². The van der Waals surface area contributed by atoms with Crippen LogP contribution in [-0.2, 0) is 9.53 Å². The normalized spacial score (nSPS) is 16.9. The Hall–Kier alpha value is -0.570. The van der Waals surface area contributed by atoms with Crippen molar-refractivity contribution in [3.8, 4) is 0 Å². The van der Waals surface area contributed by atoms with Crippen LogP contribution in [0.4, 0.5) is 0 Å². The molecule has 0 bridgehead atoms. The molecule has 3 heteroatoms. The van der Waals surface area contributed by atoms with Crippen LogP contribution in [0.15, 0.2) is 0 Å². The minimum atomic E-state index is -0.285. The van der Waals surface area contributed by atoms with Crippen LogP contribution >= 0.6 is 0 Å². The Balaban J connectivity index is 2.11. The molecule has 3 nitrogen and oxygen atoms in total. The van der Waals surface area contributed by atoms with Gasteiger partial charge in [0.2, 0.25) is 0 Å². The first kappa shape index (κ1) is 18.5. The van der Waals surface area contributed by atoms with E-state index in [1.165, 1.54) is 45.2 Å². The van der Waals surface area contributed by atoms with E-state index < -0.39 is 0 Å². The van der Waals surface area contributed by atoms with Crippen LogP contribution in [0.5, 0.6) is 0 Å². The number of unbranched alkanes of at least 4 members (excludes halogenated alkanes) is 6. The fourth-order valence-corrected chi connectivity index (χ4v) is 3.28. The summed E-state index contributed by atoms with van der Waals surface area (Å²) in [4.78, 5) is 12.0. The molecule has 0 radical (unpaired) electrons. The van der Waals surface area contributed by atoms with Gasteiger partial charge in [0.1, 0.15) is 5.60 Å². The molecule has 0 atom stereocenters. The lowest BCUT2D eigenvalue weighted by molar-refractivity contribution is -0.665. The molecule has 0 saturated carbocycles. The zero-order valence-corrected chi connectivity index (χ0v) is 14.5. The number of quaternary nitrogens is 1. The van der Waals surface area contributed by atoms with Crippen LogP contribution in [0, 0.1) is 5.92 Å². The molecule has 0 aromatic heterocycles. The van der Waals surface area contributed by atoms with E-state index in [4.69, 9.17) is 4.74 Å². The third kappa shape index (κ3) is 7.85. The molecule has 124 valence electrons. The third-order valence-corrected chi connectivity index (χ3v) is 4.78. The molecule has 21 heavy (non-hydrogen) atoms. The van der Waals surface area contributed by atoms with Crippen molar-refractivity contribution in [2.24, 2.45) is 5.92 Å². The molecular weight excluding hydrogens is 262 g/mol. The van der Waals surface area contributed by atoms with Crippen LogP contribution in [-0.4, -0.2) is 24.7 Å². The lowest BCUT2D eigenvalue weighted by Crippen LogP contribution is -2.86. The Labute approximate surface area is 131 Å². The van der Waals surface area contributed by atoms with Crippen molar-refractivity contribution in [2.45, 2.75) is 90.6 Å². The number of ether oxygens (including phenoxy) is 1. The van der Waals surface area contributed by atoms with Crippen molar-refractivity contribution in [1.82, 2.24) is 0 Å². The Morgan fingerprint density at radius 3 is 2.24 bits per heavy atom. The zero-order valence-electron chi connectivity index (χ0n) is 14.5. The highest BCUT2D eigenvalue weighted by atomic mass is 16.6. The third-order valence-electron chi connectivity index (χ3n) is 4.78. The van der Waals surface area contributed by atoms with Crippen LogP contribution in [0.1, 0.15) is 85.0 Å². The second-order valence-corrected chi connectivity index (χ2v) is 7.09. The molecule has 0 unspecified atom stereocenters. The first-order valence-electron chi connectivity index (χ1n) is 9.09. The summed E-state index contributed by atoms with van der Waals surface area (Å²) in [6, 6.07) is 0. The van der Waals surface area contributed by atoms with Gasteiger partial charge in [-0.1, -0.05) is 45.4 Å². The minimum absolute atomic E-state index is 0.00288. The predicted molar refractivity (Wildman–Crippen MR) is 87.2 cm³/mol. The number of nitrogens with two attached hydrogens (primary N) is 1. The molecule has 0 amide bonds. The summed E-state index contributed by atoms with van der Waals surface area (Å²) < 4.78 is 5.77. The zero-order chi connectivity index (χ0) is 15.6. The number of esters is 1. The van der Waals surface area contributed by atoms with Crippen molar-refractivity contribution in [3.05, 3.63) is 0 Å². The van der Waals surface area contributed by atoms with Gasteiger partial charge in [-0.2, -0.15) is 0 Å². The summed E-state index contributed by atoms with van der Waals surface area (Å²) in [5.74, 6) is 0.531. The maximum atomic E-state index is 12.0. The smallest absolute Gasteiger partial charge is 0.306 e. The second-order valence-electron chi connectivity index (χ2n) is 7.09. The lowest BCUT2D eigenvalue weighted by atomic mass is 9.83. The highest BCUT2D eigenvalue weighted by Gasteiger charge is 2.35. The summed E-state index contributed by atoms with van der Waals surface area (Å²) in [7, 11) is 0. The molecule has 1 aliphatic heterocycles. The van der Waals surface area contributed by atoms with Gasteiger partial charge in [0.25, 0.3) is 0 Å². The fourth-order valence-electron chi connectivity index (χ4n) is 3.28. The average Bonchev–Trinajstić information content (AvgIpc) is 2.47. The molecule has 0 spiro atoms. The molecule has 2 N–H and O–H groups in total. The summed E-state index contributed by atoms with van der Waals surface area (Å²) in [6.45, 7) is 8.76. The number of carbonyl (C=O) groups excluding carboxylic acids is 1. The first-order chi connectivity index (χ1) is 10.1. The van der Waals surface area contributed by atoms with Gasteiger partial charge in [0.05, 0.1) is 13.1 Å². The second kappa shape index (κ2) is 10.2. The number of carbonyl (C=O) groups is 1. The van der Waals surface area contributed by atoms with Crippen LogP contribution in [0.2, 0.25) is 0 Å². The van der Waals surface area contributed by atoms with Gasteiger partial charge in [-0.3, -0.25) is 4.79 Å². The van der Waals surface area contributed by atoms with Crippen molar-refractivity contribution in [3.63, 3.8) is 0 Å². The topological polar surface area (TPSA) is 42.9 Å². The molecule has 0 aromatic rings. The van der Waals surface area contributed by atoms with E-state index >= 15 is 0 Å². The first-order valence-corrected chi connectivity index (χ1v) is 9.09. The highest BCUT2D eigenvalue weighted by molar-refractivity contribution is 5.69. The monoisotopic (exact) mass is 298 g/mol. The van der Waals surface area contributed by atoms with Crippen molar-refractivity contribution in [2.75, 3.05) is 13.1 Å². The van der Waals surface area contributed by atoms with Gasteiger partial charge in [-0.25, -0.2) is 0 Å². The van der Waals surface area contributed by atoms with E-state index in [1.54, 1.807) is 0 Å². The molecule has 1 fully saturated rings. The standard InChI is InChI=1S/C18H35NO2/c1-4-5-6-7-8-9-10-11-17(20)21-18(2,3)16-12-14-19-15-13-16/h16,19H,4-15H2,1-3H3/p+1. The lowest BCUT2D eigenvalue weighted by Gasteiger charge is -2.35. The van der Waals surface area contributed by atoms with Gasteiger partial charge >= 0.3 is 5.97 Å². The van der Waals surface area contributed by atoms with E-state index in [2.05, 4.69) is 26.1 Å². The Morgan fingerprint density at radius 1 is 1.05 bits per heavy atom.